The first-order valence-electron chi connectivity index (χ1n) is 11.2. The quantitative estimate of drug-likeness (QED) is 0.409. The van der Waals surface area contributed by atoms with Crippen molar-refractivity contribution in [3.63, 3.8) is 0 Å². The lowest BCUT2D eigenvalue weighted by atomic mass is 9.79. The summed E-state index contributed by atoms with van der Waals surface area (Å²) in [5, 5.41) is 4.32. The van der Waals surface area contributed by atoms with Gasteiger partial charge in [0.15, 0.2) is 18.3 Å². The van der Waals surface area contributed by atoms with Crippen molar-refractivity contribution >= 4 is 29.6 Å². The highest BCUT2D eigenvalue weighted by molar-refractivity contribution is 5.94. The molecule has 4 rings (SSSR count). The third-order valence-electron chi connectivity index (χ3n) is 6.74. The van der Waals surface area contributed by atoms with E-state index < -0.39 is 54.4 Å². The molecule has 0 aromatic rings. The van der Waals surface area contributed by atoms with Crippen LogP contribution in [0, 0.1) is 17.8 Å². The van der Waals surface area contributed by atoms with Gasteiger partial charge in [-0.3, -0.25) is 19.2 Å². The van der Waals surface area contributed by atoms with Crippen LogP contribution >= 0.6 is 0 Å². The minimum absolute atomic E-state index is 0.00978. The average Bonchev–Trinajstić information content (AvgIpc) is 3.42. The summed E-state index contributed by atoms with van der Waals surface area (Å²) in [6, 6.07) is 0. The minimum Gasteiger partial charge on any atom is -0.463 e. The van der Waals surface area contributed by atoms with Gasteiger partial charge in [-0.2, -0.15) is 0 Å². The van der Waals surface area contributed by atoms with Crippen molar-refractivity contribution in [2.75, 3.05) is 6.61 Å². The van der Waals surface area contributed by atoms with Crippen LogP contribution in [0.25, 0.3) is 0 Å². The molecule has 4 unspecified atom stereocenters. The van der Waals surface area contributed by atoms with Gasteiger partial charge >= 0.3 is 23.9 Å². The summed E-state index contributed by atoms with van der Waals surface area (Å²) in [5.41, 5.74) is 0.574. The van der Waals surface area contributed by atoms with Crippen LogP contribution in [-0.2, 0) is 47.7 Å². The van der Waals surface area contributed by atoms with Gasteiger partial charge in [0.05, 0.1) is 5.71 Å². The van der Waals surface area contributed by atoms with Gasteiger partial charge in [-0.1, -0.05) is 5.16 Å². The number of rotatable bonds is 6. The molecule has 1 saturated heterocycles. The lowest BCUT2D eigenvalue weighted by molar-refractivity contribution is -0.241. The van der Waals surface area contributed by atoms with E-state index in [2.05, 4.69) is 5.16 Å². The van der Waals surface area contributed by atoms with Crippen LogP contribution in [0.2, 0.25) is 0 Å². The first-order chi connectivity index (χ1) is 15.7. The highest BCUT2D eigenvalue weighted by Gasteiger charge is 2.61. The van der Waals surface area contributed by atoms with E-state index in [1.165, 1.54) is 27.7 Å². The van der Waals surface area contributed by atoms with Crippen molar-refractivity contribution in [3.8, 4) is 0 Å². The van der Waals surface area contributed by atoms with Crippen LogP contribution in [-0.4, -0.2) is 72.8 Å². The van der Waals surface area contributed by atoms with Gasteiger partial charge in [0.2, 0.25) is 0 Å². The molecule has 3 fully saturated rings. The SMILES string of the molecule is CC(=O)OC[C@H]1O[C@@H](C2=NOC3C4CCC(C4)C23)[C@H](OC(C)=O)[C@@H](OC(C)=O)[C@@H]1OC(C)=O. The molecule has 33 heavy (non-hydrogen) atoms. The second-order valence-electron chi connectivity index (χ2n) is 9.07. The first kappa shape index (κ1) is 23.5. The molecule has 11 heteroatoms. The molecule has 2 bridgehead atoms. The van der Waals surface area contributed by atoms with Crippen molar-refractivity contribution in [2.45, 2.75) is 83.6 Å². The number of nitrogens with zero attached hydrogens (tertiary/aromatic N) is 1. The number of esters is 4. The smallest absolute Gasteiger partial charge is 0.303 e. The molecule has 182 valence electrons. The van der Waals surface area contributed by atoms with Crippen LogP contribution in [0.15, 0.2) is 5.16 Å². The number of carbonyl (C=O) groups is 4. The molecule has 11 nitrogen and oxygen atoms in total. The highest BCUT2D eigenvalue weighted by Crippen LogP contribution is 2.53. The summed E-state index contributed by atoms with van der Waals surface area (Å²) in [5.74, 6) is -1.75. The number of hydrogen-bond donors (Lipinski definition) is 0. The van der Waals surface area contributed by atoms with Crippen LogP contribution in [0.5, 0.6) is 0 Å². The maximum absolute atomic E-state index is 12.0. The van der Waals surface area contributed by atoms with E-state index >= 15 is 0 Å². The maximum atomic E-state index is 12.0. The summed E-state index contributed by atoms with van der Waals surface area (Å²) in [7, 11) is 0. The zero-order chi connectivity index (χ0) is 23.9. The normalized spacial score (nSPS) is 38.5. The molecule has 0 aromatic carbocycles. The maximum Gasteiger partial charge on any atom is 0.303 e. The van der Waals surface area contributed by atoms with Gasteiger partial charge < -0.3 is 28.5 Å². The fraction of sp³-hybridized carbons (Fsp3) is 0.773. The second-order valence-corrected chi connectivity index (χ2v) is 9.07. The summed E-state index contributed by atoms with van der Waals surface area (Å²) in [6.45, 7) is 4.59. The molecular weight excluding hydrogens is 438 g/mol. The van der Waals surface area contributed by atoms with Crippen LogP contribution in [0.1, 0.15) is 47.0 Å². The number of oxime groups is 1. The molecule has 2 aliphatic heterocycles. The molecule has 0 radical (unpaired) electrons. The third-order valence-corrected chi connectivity index (χ3v) is 6.74. The number of hydrogen-bond acceptors (Lipinski definition) is 11. The van der Waals surface area contributed by atoms with E-state index in [1.807, 2.05) is 0 Å². The Bertz CT molecular complexity index is 856. The Hall–Kier alpha value is -2.69. The second kappa shape index (κ2) is 9.28. The molecule has 4 aliphatic rings. The zero-order valence-corrected chi connectivity index (χ0v) is 19.1. The van der Waals surface area contributed by atoms with Crippen molar-refractivity contribution in [2.24, 2.45) is 22.9 Å². The zero-order valence-electron chi connectivity index (χ0n) is 19.1. The Morgan fingerprint density at radius 2 is 1.45 bits per heavy atom. The largest absolute Gasteiger partial charge is 0.463 e. The predicted octanol–water partition coefficient (Wildman–Crippen LogP) is 0.913. The molecule has 2 aliphatic carbocycles. The van der Waals surface area contributed by atoms with Crippen LogP contribution in [0.4, 0.5) is 0 Å². The van der Waals surface area contributed by atoms with Crippen LogP contribution in [0.3, 0.4) is 0 Å². The fourth-order valence-electron chi connectivity index (χ4n) is 5.69. The van der Waals surface area contributed by atoms with E-state index in [-0.39, 0.29) is 18.6 Å². The molecule has 2 saturated carbocycles. The molecule has 9 atom stereocenters. The summed E-state index contributed by atoms with van der Waals surface area (Å²) >= 11 is 0. The van der Waals surface area contributed by atoms with Gasteiger partial charge in [0, 0.05) is 33.6 Å². The average molecular weight is 467 g/mol. The summed E-state index contributed by atoms with van der Waals surface area (Å²) in [6.07, 6.45) is -2.35. The number of ether oxygens (including phenoxy) is 5. The minimum atomic E-state index is -1.20. The lowest BCUT2D eigenvalue weighted by Crippen LogP contribution is -2.64. The Balaban J connectivity index is 1.70. The fourth-order valence-corrected chi connectivity index (χ4v) is 5.69. The summed E-state index contributed by atoms with van der Waals surface area (Å²) in [4.78, 5) is 53.1. The van der Waals surface area contributed by atoms with Crippen molar-refractivity contribution in [3.05, 3.63) is 0 Å². The van der Waals surface area contributed by atoms with E-state index in [1.54, 1.807) is 0 Å². The molecule has 0 aromatic heterocycles. The first-order valence-corrected chi connectivity index (χ1v) is 11.2. The molecular formula is C22H29NO10. The van der Waals surface area contributed by atoms with Gasteiger partial charge in [-0.15, -0.1) is 0 Å². The molecule has 0 amide bonds. The third kappa shape index (κ3) is 4.68. The molecule has 2 heterocycles. The Morgan fingerprint density at radius 1 is 0.848 bits per heavy atom. The summed E-state index contributed by atoms with van der Waals surface area (Å²) < 4.78 is 27.9. The Morgan fingerprint density at radius 3 is 2.09 bits per heavy atom. The standard InChI is InChI=1S/C22H29NO10/c1-9(24)28-8-15-19(29-10(2)25)21(30-11(3)26)22(31-12(4)27)20(32-15)17-16-13-5-6-14(7-13)18(16)33-23-17/h13-16,18-22H,5-8H2,1-4H3/t13?,14?,15-,16?,18?,19-,20+,21+,22+/m1/s1. The Kier molecular flexibility index (Phi) is 6.60. The van der Waals surface area contributed by atoms with E-state index in [0.717, 1.165) is 19.3 Å². The topological polar surface area (TPSA) is 136 Å². The van der Waals surface area contributed by atoms with E-state index in [0.29, 0.717) is 17.5 Å². The van der Waals surface area contributed by atoms with Gasteiger partial charge in [-0.25, -0.2) is 0 Å². The van der Waals surface area contributed by atoms with E-state index in [9.17, 15) is 19.2 Å². The Labute approximate surface area is 191 Å². The van der Waals surface area contributed by atoms with Gasteiger partial charge in [0.1, 0.15) is 24.9 Å². The van der Waals surface area contributed by atoms with Crippen molar-refractivity contribution < 1.29 is 47.7 Å². The van der Waals surface area contributed by atoms with E-state index in [4.69, 9.17) is 28.5 Å². The lowest BCUT2D eigenvalue weighted by Gasteiger charge is -2.45. The van der Waals surface area contributed by atoms with Crippen molar-refractivity contribution in [1.82, 2.24) is 0 Å². The highest BCUT2D eigenvalue weighted by atomic mass is 16.7. The molecule has 0 N–H and O–H groups in total. The number of carbonyl (C=O) groups excluding carboxylic acids is 4. The van der Waals surface area contributed by atoms with Crippen molar-refractivity contribution in [1.29, 1.82) is 0 Å². The van der Waals surface area contributed by atoms with Gasteiger partial charge in [0.25, 0.3) is 0 Å². The van der Waals surface area contributed by atoms with Gasteiger partial charge in [-0.05, 0) is 31.1 Å². The number of fused-ring (bicyclic) bond motifs is 5. The predicted molar refractivity (Wildman–Crippen MR) is 109 cm³/mol. The van der Waals surface area contributed by atoms with Crippen LogP contribution < -0.4 is 0 Å². The molecule has 0 spiro atoms. The monoisotopic (exact) mass is 467 g/mol.